The fourth-order valence-corrected chi connectivity index (χ4v) is 2.15. The average Bonchev–Trinajstić information content (AvgIpc) is 2.76. The van der Waals surface area contributed by atoms with Gasteiger partial charge in [0.2, 0.25) is 0 Å². The molecule has 0 aliphatic rings. The molecule has 2 rings (SSSR count). The summed E-state index contributed by atoms with van der Waals surface area (Å²) in [6.45, 7) is 1.95. The number of carboxylic acid groups (broad SMARTS) is 1. The zero-order chi connectivity index (χ0) is 13.1. The minimum Gasteiger partial charge on any atom is -0.477 e. The molecule has 6 heteroatoms. The zero-order valence-corrected chi connectivity index (χ0v) is 10.3. The number of nitrogens with zero attached hydrogens (tertiary/aromatic N) is 1. The number of halogens is 1. The first-order chi connectivity index (χ1) is 8.61. The molecule has 0 bridgehead atoms. The van der Waals surface area contributed by atoms with Crippen molar-refractivity contribution in [1.82, 2.24) is 4.98 Å². The van der Waals surface area contributed by atoms with Crippen molar-refractivity contribution in [2.75, 3.05) is 0 Å². The Morgan fingerprint density at radius 1 is 1.56 bits per heavy atom. The summed E-state index contributed by atoms with van der Waals surface area (Å²) in [4.78, 5) is 15.1. The van der Waals surface area contributed by atoms with Gasteiger partial charge in [-0.1, -0.05) is 24.3 Å². The van der Waals surface area contributed by atoms with Crippen LogP contribution < -0.4 is 4.74 Å². The van der Waals surface area contributed by atoms with Gasteiger partial charge in [-0.2, -0.15) is 0 Å². The Kier molecular flexibility index (Phi) is 3.57. The van der Waals surface area contributed by atoms with Gasteiger partial charge in [0.25, 0.3) is 5.19 Å². The maximum Gasteiger partial charge on any atom is 0.342 e. The van der Waals surface area contributed by atoms with Crippen molar-refractivity contribution in [3.05, 3.63) is 40.7 Å². The topological polar surface area (TPSA) is 59.4 Å². The summed E-state index contributed by atoms with van der Waals surface area (Å²) in [5.74, 6) is -2.23. The number of aromatic nitrogens is 1. The molecular formula is C12H10FNO3S. The maximum absolute atomic E-state index is 13.4. The number of aromatic carboxylic acids is 1. The summed E-state index contributed by atoms with van der Waals surface area (Å²) in [7, 11) is 0. The van der Waals surface area contributed by atoms with Gasteiger partial charge in [0, 0.05) is 5.38 Å². The van der Waals surface area contributed by atoms with E-state index in [4.69, 9.17) is 9.84 Å². The maximum atomic E-state index is 13.4. The van der Waals surface area contributed by atoms with E-state index in [1.54, 1.807) is 0 Å². The third-order valence-corrected chi connectivity index (χ3v) is 3.05. The second-order valence-corrected chi connectivity index (χ2v) is 4.30. The fraction of sp³-hybridized carbons (Fsp3) is 0.167. The van der Waals surface area contributed by atoms with Gasteiger partial charge in [-0.25, -0.2) is 14.2 Å². The highest BCUT2D eigenvalue weighted by molar-refractivity contribution is 7.11. The van der Waals surface area contributed by atoms with E-state index in [0.29, 0.717) is 5.19 Å². The van der Waals surface area contributed by atoms with Crippen LogP contribution in [0.5, 0.6) is 10.9 Å². The number of benzene rings is 1. The van der Waals surface area contributed by atoms with Crippen LogP contribution in [0.1, 0.15) is 23.0 Å². The number of hydrogen-bond donors (Lipinski definition) is 1. The van der Waals surface area contributed by atoms with Crippen molar-refractivity contribution in [2.24, 2.45) is 0 Å². The highest BCUT2D eigenvalue weighted by atomic mass is 32.1. The van der Waals surface area contributed by atoms with Crippen molar-refractivity contribution in [3.63, 3.8) is 0 Å². The number of rotatable bonds is 4. The van der Waals surface area contributed by atoms with Crippen LogP contribution >= 0.6 is 11.3 Å². The average molecular weight is 267 g/mol. The molecule has 0 saturated heterocycles. The van der Waals surface area contributed by atoms with Crippen molar-refractivity contribution in [2.45, 2.75) is 13.3 Å². The number of carbonyl (C=O) groups is 1. The van der Waals surface area contributed by atoms with Crippen LogP contribution in [0.25, 0.3) is 0 Å². The van der Waals surface area contributed by atoms with Crippen molar-refractivity contribution in [3.8, 4) is 10.9 Å². The van der Waals surface area contributed by atoms with Gasteiger partial charge in [-0.15, -0.1) is 0 Å². The summed E-state index contributed by atoms with van der Waals surface area (Å²) in [5.41, 5.74) is 0.369. The lowest BCUT2D eigenvalue weighted by atomic mass is 10.2. The Labute approximate surface area is 107 Å². The van der Waals surface area contributed by atoms with Crippen molar-refractivity contribution >= 4 is 17.3 Å². The molecule has 0 radical (unpaired) electrons. The van der Waals surface area contributed by atoms with Crippen LogP contribution in [0.2, 0.25) is 0 Å². The molecular weight excluding hydrogens is 257 g/mol. The third kappa shape index (κ3) is 2.48. The van der Waals surface area contributed by atoms with Crippen LogP contribution in [-0.4, -0.2) is 16.1 Å². The standard InChI is InChI=1S/C12H10FNO3S/c1-2-7-6-18-12(14-7)17-9-5-3-4-8(13)10(9)11(15)16/h3-6H,2H2,1H3,(H,15,16). The molecule has 0 aliphatic heterocycles. The Bertz CT molecular complexity index is 582. The molecule has 94 valence electrons. The normalized spacial score (nSPS) is 10.3. The summed E-state index contributed by atoms with van der Waals surface area (Å²) < 4.78 is 18.7. The molecule has 0 aliphatic carbocycles. The summed E-state index contributed by atoms with van der Waals surface area (Å²) >= 11 is 1.25. The molecule has 1 aromatic carbocycles. The van der Waals surface area contributed by atoms with Gasteiger partial charge in [0.05, 0.1) is 5.69 Å². The monoisotopic (exact) mass is 267 g/mol. The van der Waals surface area contributed by atoms with E-state index >= 15 is 0 Å². The van der Waals surface area contributed by atoms with E-state index in [-0.39, 0.29) is 5.75 Å². The Morgan fingerprint density at radius 2 is 2.33 bits per heavy atom. The highest BCUT2D eigenvalue weighted by Crippen LogP contribution is 2.29. The third-order valence-electron chi connectivity index (χ3n) is 2.28. The number of aryl methyl sites for hydroxylation is 1. The van der Waals surface area contributed by atoms with Gasteiger partial charge >= 0.3 is 5.97 Å². The molecule has 4 nitrogen and oxygen atoms in total. The van der Waals surface area contributed by atoms with E-state index in [2.05, 4.69) is 4.98 Å². The smallest absolute Gasteiger partial charge is 0.342 e. The second kappa shape index (κ2) is 5.14. The molecule has 0 amide bonds. The van der Waals surface area contributed by atoms with E-state index in [1.165, 1.54) is 23.5 Å². The molecule has 1 aromatic heterocycles. The van der Waals surface area contributed by atoms with Gasteiger partial charge in [-0.3, -0.25) is 0 Å². The second-order valence-electron chi connectivity index (χ2n) is 3.48. The summed E-state index contributed by atoms with van der Waals surface area (Å²) in [5, 5.41) is 11.1. The predicted molar refractivity (Wildman–Crippen MR) is 64.9 cm³/mol. The minimum atomic E-state index is -1.37. The minimum absolute atomic E-state index is 0.0421. The molecule has 0 spiro atoms. The Hall–Kier alpha value is -1.95. The van der Waals surface area contributed by atoms with E-state index in [0.717, 1.165) is 18.2 Å². The van der Waals surface area contributed by atoms with E-state index < -0.39 is 17.3 Å². The number of hydrogen-bond acceptors (Lipinski definition) is 4. The van der Waals surface area contributed by atoms with Gasteiger partial charge in [0.1, 0.15) is 17.1 Å². The first kappa shape index (κ1) is 12.5. The molecule has 0 unspecified atom stereocenters. The number of carboxylic acids is 1. The molecule has 0 atom stereocenters. The first-order valence-corrected chi connectivity index (χ1v) is 6.14. The lowest BCUT2D eigenvalue weighted by Crippen LogP contribution is -2.03. The Morgan fingerprint density at radius 3 is 2.94 bits per heavy atom. The summed E-state index contributed by atoms with van der Waals surface area (Å²) in [6.07, 6.45) is 0.759. The SMILES string of the molecule is CCc1csc(Oc2cccc(F)c2C(=O)O)n1. The first-order valence-electron chi connectivity index (χ1n) is 5.26. The summed E-state index contributed by atoms with van der Waals surface area (Å²) in [6, 6.07) is 3.88. The highest BCUT2D eigenvalue weighted by Gasteiger charge is 2.18. The molecule has 2 aromatic rings. The quantitative estimate of drug-likeness (QED) is 0.923. The largest absolute Gasteiger partial charge is 0.477 e. The van der Waals surface area contributed by atoms with E-state index in [1.807, 2.05) is 12.3 Å². The van der Waals surface area contributed by atoms with E-state index in [9.17, 15) is 9.18 Å². The molecule has 1 N–H and O–H groups in total. The Balaban J connectivity index is 2.34. The van der Waals surface area contributed by atoms with Crippen molar-refractivity contribution in [1.29, 1.82) is 0 Å². The van der Waals surface area contributed by atoms with Crippen LogP contribution in [-0.2, 0) is 6.42 Å². The zero-order valence-electron chi connectivity index (χ0n) is 9.51. The van der Waals surface area contributed by atoms with Crippen molar-refractivity contribution < 1.29 is 19.0 Å². The van der Waals surface area contributed by atoms with Crippen LogP contribution in [0, 0.1) is 5.82 Å². The number of ether oxygens (including phenoxy) is 1. The van der Waals surface area contributed by atoms with Gasteiger partial charge in [0.15, 0.2) is 0 Å². The lowest BCUT2D eigenvalue weighted by Gasteiger charge is -2.06. The predicted octanol–water partition coefficient (Wildman–Crippen LogP) is 3.34. The molecule has 18 heavy (non-hydrogen) atoms. The van der Waals surface area contributed by atoms with Crippen LogP contribution in [0.15, 0.2) is 23.6 Å². The lowest BCUT2D eigenvalue weighted by molar-refractivity contribution is 0.0689. The molecule has 0 saturated carbocycles. The molecule has 1 heterocycles. The van der Waals surface area contributed by atoms with Gasteiger partial charge in [-0.05, 0) is 18.6 Å². The molecule has 0 fully saturated rings. The van der Waals surface area contributed by atoms with Crippen LogP contribution in [0.3, 0.4) is 0 Å². The number of thiazole rings is 1. The van der Waals surface area contributed by atoms with Crippen LogP contribution in [0.4, 0.5) is 4.39 Å². The fourth-order valence-electron chi connectivity index (χ4n) is 1.39. The van der Waals surface area contributed by atoms with Gasteiger partial charge < -0.3 is 9.84 Å².